The zero-order valence-electron chi connectivity index (χ0n) is 6.60. The van der Waals surface area contributed by atoms with E-state index in [0.717, 1.165) is 0 Å². The van der Waals surface area contributed by atoms with E-state index in [2.05, 4.69) is 4.98 Å². The summed E-state index contributed by atoms with van der Waals surface area (Å²) in [5, 5.41) is 8.63. The highest BCUT2D eigenvalue weighted by molar-refractivity contribution is 5.18. The molecule has 0 spiro atoms. The number of aliphatic hydroxyl groups excluding tert-OH is 1. The Balaban J connectivity index is 3.09. The number of hydrogen-bond acceptors (Lipinski definition) is 2. The van der Waals surface area contributed by atoms with Crippen molar-refractivity contribution < 1.29 is 18.3 Å². The molecule has 0 aliphatic rings. The fourth-order valence-corrected chi connectivity index (χ4v) is 0.935. The monoisotopic (exact) mass is 194 g/mol. The number of aliphatic hydroxyl groups is 1. The van der Waals surface area contributed by atoms with E-state index in [1.54, 1.807) is 0 Å². The number of hydrogen-bond donors (Lipinski definition) is 3. The van der Waals surface area contributed by atoms with Crippen LogP contribution < -0.4 is 5.73 Å². The molecule has 1 aromatic rings. The van der Waals surface area contributed by atoms with Gasteiger partial charge in [0.25, 0.3) is 0 Å². The van der Waals surface area contributed by atoms with E-state index in [1.807, 2.05) is 0 Å². The van der Waals surface area contributed by atoms with Gasteiger partial charge >= 0.3 is 6.18 Å². The van der Waals surface area contributed by atoms with Gasteiger partial charge in [0.15, 0.2) is 5.54 Å². The van der Waals surface area contributed by atoms with Gasteiger partial charge in [-0.2, -0.15) is 13.2 Å². The van der Waals surface area contributed by atoms with Gasteiger partial charge in [-0.05, 0) is 12.1 Å². The second kappa shape index (κ2) is 3.04. The third-order valence-corrected chi connectivity index (χ3v) is 1.83. The molecule has 4 N–H and O–H groups in total. The molecule has 0 bridgehead atoms. The molecule has 0 aliphatic heterocycles. The Bertz CT molecular complexity index is 270. The minimum atomic E-state index is -4.67. The van der Waals surface area contributed by atoms with Crippen molar-refractivity contribution in [1.29, 1.82) is 0 Å². The highest BCUT2D eigenvalue weighted by atomic mass is 19.4. The summed E-state index contributed by atoms with van der Waals surface area (Å²) in [6.45, 7) is -1.18. The largest absolute Gasteiger partial charge is 0.414 e. The first-order valence-electron chi connectivity index (χ1n) is 3.52. The van der Waals surface area contributed by atoms with Crippen LogP contribution in [0.5, 0.6) is 0 Å². The van der Waals surface area contributed by atoms with Gasteiger partial charge in [-0.3, -0.25) is 0 Å². The third-order valence-electron chi connectivity index (χ3n) is 1.83. The van der Waals surface area contributed by atoms with E-state index >= 15 is 0 Å². The lowest BCUT2D eigenvalue weighted by atomic mass is 9.97. The lowest BCUT2D eigenvalue weighted by molar-refractivity contribution is -0.200. The predicted octanol–water partition coefficient (Wildman–Crippen LogP) is 0.723. The maximum atomic E-state index is 12.4. The minimum absolute atomic E-state index is 0.248. The number of halogens is 3. The van der Waals surface area contributed by atoms with Gasteiger partial charge in [0, 0.05) is 11.9 Å². The molecule has 1 atom stereocenters. The number of nitrogens with one attached hydrogen (secondary N) is 1. The molecule has 1 aromatic heterocycles. The first-order valence-corrected chi connectivity index (χ1v) is 3.52. The molecule has 1 unspecified atom stereocenters. The van der Waals surface area contributed by atoms with E-state index in [-0.39, 0.29) is 5.69 Å². The summed E-state index contributed by atoms with van der Waals surface area (Å²) >= 11 is 0. The van der Waals surface area contributed by atoms with Gasteiger partial charge in [0.1, 0.15) is 0 Å². The lowest BCUT2D eigenvalue weighted by Crippen LogP contribution is -2.53. The fourth-order valence-electron chi connectivity index (χ4n) is 0.935. The summed E-state index contributed by atoms with van der Waals surface area (Å²) in [6.07, 6.45) is -3.36. The second-order valence-corrected chi connectivity index (χ2v) is 2.71. The van der Waals surface area contributed by atoms with Crippen LogP contribution in [0.25, 0.3) is 0 Å². The Morgan fingerprint density at radius 3 is 2.38 bits per heavy atom. The first-order chi connectivity index (χ1) is 5.92. The molecule has 0 fully saturated rings. The number of nitrogens with two attached hydrogens (primary N) is 1. The van der Waals surface area contributed by atoms with Crippen LogP contribution in [0, 0.1) is 0 Å². The van der Waals surface area contributed by atoms with E-state index in [4.69, 9.17) is 10.8 Å². The Morgan fingerprint density at radius 1 is 1.46 bits per heavy atom. The fraction of sp³-hybridized carbons (Fsp3) is 0.429. The molecule has 0 saturated carbocycles. The van der Waals surface area contributed by atoms with Crippen LogP contribution in [-0.2, 0) is 5.54 Å². The van der Waals surface area contributed by atoms with E-state index in [9.17, 15) is 13.2 Å². The first kappa shape index (κ1) is 10.1. The van der Waals surface area contributed by atoms with Gasteiger partial charge in [-0.1, -0.05) is 0 Å². The number of H-pyrrole nitrogens is 1. The molecule has 0 aromatic carbocycles. The molecular weight excluding hydrogens is 185 g/mol. The molecule has 0 saturated heterocycles. The van der Waals surface area contributed by atoms with Crippen molar-refractivity contribution in [1.82, 2.24) is 4.98 Å². The van der Waals surface area contributed by atoms with Gasteiger partial charge < -0.3 is 15.8 Å². The number of aromatic nitrogens is 1. The molecule has 3 nitrogen and oxygen atoms in total. The summed E-state index contributed by atoms with van der Waals surface area (Å²) in [4.78, 5) is 2.33. The average molecular weight is 194 g/mol. The van der Waals surface area contributed by atoms with Gasteiger partial charge in [-0.25, -0.2) is 0 Å². The van der Waals surface area contributed by atoms with Crippen molar-refractivity contribution in [3.8, 4) is 0 Å². The van der Waals surface area contributed by atoms with Gasteiger partial charge in [0.2, 0.25) is 0 Å². The Hall–Kier alpha value is -1.01. The number of rotatable bonds is 2. The topological polar surface area (TPSA) is 62.0 Å². The molecular formula is C7H9F3N2O. The van der Waals surface area contributed by atoms with Crippen molar-refractivity contribution >= 4 is 0 Å². The van der Waals surface area contributed by atoms with Crippen LogP contribution >= 0.6 is 0 Å². The summed E-state index contributed by atoms with van der Waals surface area (Å²) in [7, 11) is 0. The lowest BCUT2D eigenvalue weighted by Gasteiger charge is -2.28. The maximum Gasteiger partial charge on any atom is 0.414 e. The molecule has 0 aliphatic carbocycles. The molecule has 74 valence electrons. The number of alkyl halides is 3. The molecule has 0 amide bonds. The van der Waals surface area contributed by atoms with Crippen molar-refractivity contribution in [2.45, 2.75) is 11.7 Å². The quantitative estimate of drug-likeness (QED) is 0.649. The van der Waals surface area contributed by atoms with Gasteiger partial charge in [0.05, 0.1) is 6.61 Å². The Kier molecular flexibility index (Phi) is 2.36. The van der Waals surface area contributed by atoms with Crippen molar-refractivity contribution in [2.75, 3.05) is 6.61 Å². The van der Waals surface area contributed by atoms with Crippen LogP contribution in [0.15, 0.2) is 18.3 Å². The SMILES string of the molecule is NC(CO)(c1ccc[nH]1)C(F)(F)F. The van der Waals surface area contributed by atoms with Crippen molar-refractivity contribution in [3.05, 3.63) is 24.0 Å². The Labute approximate surface area is 72.4 Å². The molecule has 1 heterocycles. The van der Waals surface area contributed by atoms with Crippen LogP contribution in [0.4, 0.5) is 13.2 Å². The standard InChI is InChI=1S/C7H9F3N2O/c8-7(9,10)6(11,4-13)5-2-1-3-12-5/h1-3,12-13H,4,11H2. The number of aromatic amines is 1. The van der Waals surface area contributed by atoms with Crippen LogP contribution in [-0.4, -0.2) is 22.9 Å². The molecule has 0 radical (unpaired) electrons. The normalized spacial score (nSPS) is 17.0. The minimum Gasteiger partial charge on any atom is -0.394 e. The van der Waals surface area contributed by atoms with E-state index in [0.29, 0.717) is 0 Å². The second-order valence-electron chi connectivity index (χ2n) is 2.71. The highest BCUT2D eigenvalue weighted by Crippen LogP contribution is 2.35. The Morgan fingerprint density at radius 2 is 2.08 bits per heavy atom. The van der Waals surface area contributed by atoms with Crippen molar-refractivity contribution in [2.24, 2.45) is 5.73 Å². The predicted molar refractivity (Wildman–Crippen MR) is 39.8 cm³/mol. The van der Waals surface area contributed by atoms with Crippen molar-refractivity contribution in [3.63, 3.8) is 0 Å². The average Bonchev–Trinajstić information content (AvgIpc) is 2.52. The van der Waals surface area contributed by atoms with Crippen LogP contribution in [0.3, 0.4) is 0 Å². The molecule has 13 heavy (non-hydrogen) atoms. The summed E-state index contributed by atoms with van der Waals surface area (Å²) in [5.74, 6) is 0. The third kappa shape index (κ3) is 1.54. The smallest absolute Gasteiger partial charge is 0.394 e. The summed E-state index contributed by atoms with van der Waals surface area (Å²) in [6, 6.07) is 2.57. The van der Waals surface area contributed by atoms with Crippen LogP contribution in [0.1, 0.15) is 5.69 Å². The van der Waals surface area contributed by atoms with Gasteiger partial charge in [-0.15, -0.1) is 0 Å². The van der Waals surface area contributed by atoms with Crippen LogP contribution in [0.2, 0.25) is 0 Å². The summed E-state index contributed by atoms with van der Waals surface area (Å²) < 4.78 is 37.1. The highest BCUT2D eigenvalue weighted by Gasteiger charge is 2.53. The maximum absolute atomic E-state index is 12.4. The van der Waals surface area contributed by atoms with E-state index < -0.39 is 18.3 Å². The molecule has 1 rings (SSSR count). The van der Waals surface area contributed by atoms with E-state index in [1.165, 1.54) is 18.3 Å². The molecule has 6 heteroatoms. The zero-order valence-corrected chi connectivity index (χ0v) is 6.60. The summed E-state index contributed by atoms with van der Waals surface area (Å²) in [5.41, 5.74) is 2.09. The zero-order chi connectivity index (χ0) is 10.1.